The van der Waals surface area contributed by atoms with Crippen LogP contribution >= 0.6 is 0 Å². The van der Waals surface area contributed by atoms with Crippen molar-refractivity contribution in [1.29, 1.82) is 0 Å². The Morgan fingerprint density at radius 3 is 2.55 bits per heavy atom. The van der Waals surface area contributed by atoms with E-state index in [1.54, 1.807) is 6.08 Å². The van der Waals surface area contributed by atoms with Crippen LogP contribution in [-0.4, -0.2) is 36.6 Å². The fourth-order valence-corrected chi connectivity index (χ4v) is 0.443. The maximum absolute atomic E-state index is 10.2. The minimum Gasteiger partial charge on any atom is -0.477 e. The Bertz CT molecular complexity index is 200. The van der Waals surface area contributed by atoms with Crippen LogP contribution in [0, 0.1) is 0 Å². The first-order valence-electron chi connectivity index (χ1n) is 3.34. The Labute approximate surface area is 66.6 Å². The Balaban J connectivity index is 4.07. The lowest BCUT2D eigenvalue weighted by Gasteiger charge is -2.01. The Morgan fingerprint density at radius 1 is 1.64 bits per heavy atom. The zero-order chi connectivity index (χ0) is 8.85. The van der Waals surface area contributed by atoms with Gasteiger partial charge in [0.05, 0.1) is 5.57 Å². The van der Waals surface area contributed by atoms with E-state index in [0.717, 1.165) is 0 Å². The molecular weight excluding hydrogens is 142 g/mol. The van der Waals surface area contributed by atoms with Gasteiger partial charge in [-0.1, -0.05) is 0 Å². The SMILES string of the molecule is CC(=C=CCN(C)C)C(=O)O. The van der Waals surface area contributed by atoms with Crippen LogP contribution in [0.5, 0.6) is 0 Å². The van der Waals surface area contributed by atoms with Gasteiger partial charge in [-0.3, -0.25) is 0 Å². The summed E-state index contributed by atoms with van der Waals surface area (Å²) in [5.74, 6) is -0.917. The zero-order valence-electron chi connectivity index (χ0n) is 7.09. The van der Waals surface area contributed by atoms with Gasteiger partial charge in [-0.05, 0) is 27.1 Å². The van der Waals surface area contributed by atoms with Gasteiger partial charge >= 0.3 is 5.97 Å². The van der Waals surface area contributed by atoms with E-state index in [1.807, 2.05) is 19.0 Å². The van der Waals surface area contributed by atoms with Crippen LogP contribution in [0.1, 0.15) is 6.92 Å². The fourth-order valence-electron chi connectivity index (χ4n) is 0.443. The maximum atomic E-state index is 10.2. The van der Waals surface area contributed by atoms with Gasteiger partial charge in [0.1, 0.15) is 0 Å². The van der Waals surface area contributed by atoms with Gasteiger partial charge in [-0.15, -0.1) is 5.73 Å². The van der Waals surface area contributed by atoms with E-state index in [4.69, 9.17) is 5.11 Å². The van der Waals surface area contributed by atoms with Gasteiger partial charge in [0.25, 0.3) is 0 Å². The summed E-state index contributed by atoms with van der Waals surface area (Å²) in [5, 5.41) is 8.41. The molecular formula is C8H13NO2. The van der Waals surface area contributed by atoms with E-state index in [2.05, 4.69) is 5.73 Å². The van der Waals surface area contributed by atoms with Crippen LogP contribution in [0.3, 0.4) is 0 Å². The van der Waals surface area contributed by atoms with Crippen LogP contribution in [-0.2, 0) is 4.79 Å². The summed E-state index contributed by atoms with van der Waals surface area (Å²) in [7, 11) is 3.82. The van der Waals surface area contributed by atoms with Gasteiger partial charge in [0, 0.05) is 6.54 Å². The van der Waals surface area contributed by atoms with E-state index in [-0.39, 0.29) is 5.57 Å². The topological polar surface area (TPSA) is 40.5 Å². The third-order valence-corrected chi connectivity index (χ3v) is 1.10. The molecule has 0 aliphatic rings. The standard InChI is InChI=1S/C8H13NO2/c1-7(8(10)11)5-4-6-9(2)3/h4H,6H2,1-3H3,(H,10,11). The minimum atomic E-state index is -0.917. The van der Waals surface area contributed by atoms with Crippen LogP contribution < -0.4 is 0 Å². The molecule has 0 unspecified atom stereocenters. The molecule has 0 aromatic carbocycles. The second-order valence-corrected chi connectivity index (χ2v) is 2.54. The molecule has 0 atom stereocenters. The van der Waals surface area contributed by atoms with E-state index in [9.17, 15) is 4.79 Å². The number of carbonyl (C=O) groups is 1. The lowest BCUT2D eigenvalue weighted by atomic mass is 10.3. The number of rotatable bonds is 3. The third-order valence-electron chi connectivity index (χ3n) is 1.10. The van der Waals surface area contributed by atoms with E-state index in [0.29, 0.717) is 6.54 Å². The summed E-state index contributed by atoms with van der Waals surface area (Å²) in [6.07, 6.45) is 1.70. The summed E-state index contributed by atoms with van der Waals surface area (Å²) in [5.41, 5.74) is 2.91. The van der Waals surface area contributed by atoms with E-state index in [1.165, 1.54) is 6.92 Å². The maximum Gasteiger partial charge on any atom is 0.339 e. The predicted molar refractivity (Wildman–Crippen MR) is 43.5 cm³/mol. The number of hydrogen-bond acceptors (Lipinski definition) is 2. The van der Waals surface area contributed by atoms with Crippen molar-refractivity contribution in [2.24, 2.45) is 0 Å². The van der Waals surface area contributed by atoms with Crippen molar-refractivity contribution in [3.8, 4) is 0 Å². The Morgan fingerprint density at radius 2 is 2.18 bits per heavy atom. The Hall–Kier alpha value is -1.05. The molecule has 1 N–H and O–H groups in total. The molecule has 0 saturated heterocycles. The molecule has 0 saturated carbocycles. The smallest absolute Gasteiger partial charge is 0.339 e. The number of carboxylic acid groups (broad SMARTS) is 1. The normalized spacial score (nSPS) is 9.09. The number of hydrogen-bond donors (Lipinski definition) is 1. The molecule has 0 heterocycles. The second kappa shape index (κ2) is 4.72. The van der Waals surface area contributed by atoms with Gasteiger partial charge in [0.15, 0.2) is 0 Å². The van der Waals surface area contributed by atoms with Gasteiger partial charge in [0.2, 0.25) is 0 Å². The molecule has 3 heteroatoms. The molecule has 0 spiro atoms. The highest BCUT2D eigenvalue weighted by atomic mass is 16.4. The van der Waals surface area contributed by atoms with Crippen molar-refractivity contribution in [3.63, 3.8) is 0 Å². The lowest BCUT2D eigenvalue weighted by Crippen LogP contribution is -2.10. The van der Waals surface area contributed by atoms with Gasteiger partial charge in [-0.2, -0.15) is 0 Å². The molecule has 0 radical (unpaired) electrons. The van der Waals surface area contributed by atoms with Crippen molar-refractivity contribution < 1.29 is 9.90 Å². The molecule has 3 nitrogen and oxygen atoms in total. The quantitative estimate of drug-likeness (QED) is 0.482. The van der Waals surface area contributed by atoms with Crippen LogP contribution in [0.15, 0.2) is 17.4 Å². The number of likely N-dealkylation sites (N-methyl/N-ethyl adjacent to an activating group) is 1. The van der Waals surface area contributed by atoms with Crippen molar-refractivity contribution in [2.45, 2.75) is 6.92 Å². The van der Waals surface area contributed by atoms with Crippen molar-refractivity contribution >= 4 is 5.97 Å². The number of carboxylic acids is 1. The zero-order valence-corrected chi connectivity index (χ0v) is 7.09. The molecule has 0 bridgehead atoms. The average molecular weight is 155 g/mol. The van der Waals surface area contributed by atoms with Gasteiger partial charge in [-0.25, -0.2) is 4.79 Å². The summed E-state index contributed by atoms with van der Waals surface area (Å²) >= 11 is 0. The molecule has 62 valence electrons. The Kier molecular flexibility index (Phi) is 4.27. The molecule has 0 rings (SSSR count). The number of aliphatic carboxylic acids is 1. The van der Waals surface area contributed by atoms with E-state index < -0.39 is 5.97 Å². The van der Waals surface area contributed by atoms with E-state index >= 15 is 0 Å². The largest absolute Gasteiger partial charge is 0.477 e. The monoisotopic (exact) mass is 155 g/mol. The third kappa shape index (κ3) is 5.40. The first-order valence-corrected chi connectivity index (χ1v) is 3.34. The summed E-state index contributed by atoms with van der Waals surface area (Å²) in [4.78, 5) is 12.2. The minimum absolute atomic E-state index is 0.242. The fraction of sp³-hybridized carbons (Fsp3) is 0.500. The highest BCUT2D eigenvalue weighted by Gasteiger charge is 1.95. The van der Waals surface area contributed by atoms with Crippen molar-refractivity contribution in [1.82, 2.24) is 4.90 Å². The first kappa shape index (κ1) is 9.95. The number of nitrogens with zero attached hydrogens (tertiary/aromatic N) is 1. The second-order valence-electron chi connectivity index (χ2n) is 2.54. The first-order chi connectivity index (χ1) is 5.04. The molecule has 0 aliphatic carbocycles. The average Bonchev–Trinajstić information content (AvgIpc) is 1.86. The molecule has 0 aromatic heterocycles. The predicted octanol–water partition coefficient (Wildman–Crippen LogP) is 0.734. The molecule has 0 fully saturated rings. The van der Waals surface area contributed by atoms with Crippen LogP contribution in [0.2, 0.25) is 0 Å². The highest BCUT2D eigenvalue weighted by Crippen LogP contribution is 1.87. The molecule has 0 amide bonds. The lowest BCUT2D eigenvalue weighted by molar-refractivity contribution is -0.132. The summed E-state index contributed by atoms with van der Waals surface area (Å²) in [6, 6.07) is 0. The molecule has 0 aromatic rings. The highest BCUT2D eigenvalue weighted by molar-refractivity contribution is 5.85. The summed E-state index contributed by atoms with van der Waals surface area (Å²) < 4.78 is 0. The molecule has 11 heavy (non-hydrogen) atoms. The van der Waals surface area contributed by atoms with Crippen molar-refractivity contribution in [2.75, 3.05) is 20.6 Å². The summed E-state index contributed by atoms with van der Waals surface area (Å²) in [6.45, 7) is 2.24. The van der Waals surface area contributed by atoms with Gasteiger partial charge < -0.3 is 10.0 Å². The molecule has 0 aliphatic heterocycles. The van der Waals surface area contributed by atoms with Crippen LogP contribution in [0.25, 0.3) is 0 Å². The van der Waals surface area contributed by atoms with Crippen molar-refractivity contribution in [3.05, 3.63) is 17.4 Å². The van der Waals surface area contributed by atoms with Crippen LogP contribution in [0.4, 0.5) is 0 Å².